The van der Waals surface area contributed by atoms with E-state index in [-0.39, 0.29) is 12.4 Å². The van der Waals surface area contributed by atoms with Crippen LogP contribution in [0.2, 0.25) is 0 Å². The Hall–Kier alpha value is -1.30. The molecule has 0 aromatic heterocycles. The summed E-state index contributed by atoms with van der Waals surface area (Å²) in [5, 5.41) is 19.0. The van der Waals surface area contributed by atoms with Gasteiger partial charge in [-0.2, -0.15) is 0 Å². The molecule has 0 aliphatic carbocycles. The average Bonchev–Trinajstić information content (AvgIpc) is 2.56. The summed E-state index contributed by atoms with van der Waals surface area (Å²) in [5.41, 5.74) is 1.09. The van der Waals surface area contributed by atoms with Gasteiger partial charge in [-0.1, -0.05) is 19.9 Å². The predicted octanol–water partition coefficient (Wildman–Crippen LogP) is 2.32. The lowest BCUT2D eigenvalue weighted by Crippen LogP contribution is -2.53. The van der Waals surface area contributed by atoms with E-state index in [1.165, 1.54) is 6.42 Å². The molecule has 0 radical (unpaired) electrons. The Morgan fingerprint density at radius 1 is 1.29 bits per heavy atom. The van der Waals surface area contributed by atoms with Crippen LogP contribution >= 0.6 is 0 Å². The van der Waals surface area contributed by atoms with E-state index in [1.807, 2.05) is 6.07 Å². The van der Waals surface area contributed by atoms with Gasteiger partial charge in [-0.05, 0) is 31.4 Å². The molecule has 1 heterocycles. The molecule has 1 aliphatic rings. The maximum atomic E-state index is 9.60. The summed E-state index contributed by atoms with van der Waals surface area (Å²) in [7, 11) is 1.64. The number of rotatable bonds is 8. The Bertz CT molecular complexity index is 507. The van der Waals surface area contributed by atoms with Crippen molar-refractivity contribution in [1.82, 2.24) is 9.80 Å². The maximum Gasteiger partial charge on any atom is 0.127 e. The molecule has 2 N–H and O–H groups in total. The fourth-order valence-electron chi connectivity index (χ4n) is 3.35. The summed E-state index contributed by atoms with van der Waals surface area (Å²) in [4.78, 5) is 4.95. The lowest BCUT2D eigenvalue weighted by atomic mass is 10.0. The predicted molar refractivity (Wildman–Crippen MR) is 96.5 cm³/mol. The highest BCUT2D eigenvalue weighted by Gasteiger charge is 2.26. The molecule has 0 spiro atoms. The quantitative estimate of drug-likeness (QED) is 0.763. The zero-order valence-electron chi connectivity index (χ0n) is 15.2. The summed E-state index contributed by atoms with van der Waals surface area (Å²) >= 11 is 0. The number of ether oxygens (including phenoxy) is 1. The molecule has 1 unspecified atom stereocenters. The molecule has 0 bridgehead atoms. The molecule has 1 atom stereocenters. The molecule has 2 rings (SSSR count). The number of methoxy groups -OCH3 is 1. The van der Waals surface area contributed by atoms with Crippen LogP contribution in [0.25, 0.3) is 0 Å². The van der Waals surface area contributed by atoms with Crippen LogP contribution in [0.4, 0.5) is 0 Å². The fraction of sp³-hybridized carbons (Fsp3) is 0.684. The SMILES string of the molecule is COc1cc(O)ccc1CN1CCN(CCC(C)C)C(CCO)C1. The van der Waals surface area contributed by atoms with E-state index in [2.05, 4.69) is 23.6 Å². The molecule has 5 nitrogen and oxygen atoms in total. The highest BCUT2D eigenvalue weighted by atomic mass is 16.5. The van der Waals surface area contributed by atoms with E-state index in [9.17, 15) is 10.2 Å². The van der Waals surface area contributed by atoms with Gasteiger partial charge in [-0.25, -0.2) is 0 Å². The van der Waals surface area contributed by atoms with Crippen LogP contribution in [0.3, 0.4) is 0 Å². The highest BCUT2D eigenvalue weighted by molar-refractivity contribution is 5.40. The number of phenols is 1. The van der Waals surface area contributed by atoms with Crippen molar-refractivity contribution in [3.63, 3.8) is 0 Å². The number of hydrogen-bond acceptors (Lipinski definition) is 5. The third kappa shape index (κ3) is 5.36. The highest BCUT2D eigenvalue weighted by Crippen LogP contribution is 2.26. The van der Waals surface area contributed by atoms with Crippen molar-refractivity contribution in [2.45, 2.75) is 39.3 Å². The van der Waals surface area contributed by atoms with Gasteiger partial charge in [0, 0.05) is 50.5 Å². The number of piperazine rings is 1. The van der Waals surface area contributed by atoms with Crippen LogP contribution in [0, 0.1) is 5.92 Å². The zero-order chi connectivity index (χ0) is 17.5. The van der Waals surface area contributed by atoms with E-state index >= 15 is 0 Å². The summed E-state index contributed by atoms with van der Waals surface area (Å²) < 4.78 is 5.39. The minimum absolute atomic E-state index is 0.229. The average molecular weight is 336 g/mol. The van der Waals surface area contributed by atoms with E-state index in [1.54, 1.807) is 19.2 Å². The first-order chi connectivity index (χ1) is 11.5. The van der Waals surface area contributed by atoms with Crippen molar-refractivity contribution in [3.8, 4) is 11.5 Å². The summed E-state index contributed by atoms with van der Waals surface area (Å²) in [6.45, 7) is 9.69. The van der Waals surface area contributed by atoms with Crippen LogP contribution in [0.15, 0.2) is 18.2 Å². The third-order valence-electron chi connectivity index (χ3n) is 4.81. The smallest absolute Gasteiger partial charge is 0.127 e. The van der Waals surface area contributed by atoms with Gasteiger partial charge in [-0.3, -0.25) is 9.80 Å². The first-order valence-corrected chi connectivity index (χ1v) is 8.96. The number of nitrogens with zero attached hydrogens (tertiary/aromatic N) is 2. The van der Waals surface area contributed by atoms with E-state index in [0.29, 0.717) is 12.0 Å². The Morgan fingerprint density at radius 3 is 2.75 bits per heavy atom. The number of benzene rings is 1. The second-order valence-electron chi connectivity index (χ2n) is 7.12. The molecule has 1 saturated heterocycles. The third-order valence-corrected chi connectivity index (χ3v) is 4.81. The standard InChI is InChI=1S/C19H32N2O3/c1-15(2)6-8-21-10-9-20(14-17(21)7-11-22)13-16-4-5-18(23)12-19(16)24-3/h4-5,12,15,17,22-23H,6-11,13-14H2,1-3H3. The van der Waals surface area contributed by atoms with Gasteiger partial charge in [0.2, 0.25) is 0 Å². The van der Waals surface area contributed by atoms with Crippen molar-refractivity contribution in [3.05, 3.63) is 23.8 Å². The molecule has 1 aromatic carbocycles. The molecular formula is C19H32N2O3. The van der Waals surface area contributed by atoms with Gasteiger partial charge >= 0.3 is 0 Å². The molecule has 24 heavy (non-hydrogen) atoms. The maximum absolute atomic E-state index is 9.60. The number of aromatic hydroxyl groups is 1. The zero-order valence-corrected chi connectivity index (χ0v) is 15.2. The molecule has 5 heteroatoms. The second-order valence-corrected chi connectivity index (χ2v) is 7.12. The summed E-state index contributed by atoms with van der Waals surface area (Å²) in [5.74, 6) is 1.67. The van der Waals surface area contributed by atoms with Crippen molar-refractivity contribution in [1.29, 1.82) is 0 Å². The lowest BCUT2D eigenvalue weighted by molar-refractivity contribution is 0.0520. The Labute approximate surface area is 145 Å². The fourth-order valence-corrected chi connectivity index (χ4v) is 3.35. The largest absolute Gasteiger partial charge is 0.508 e. The van der Waals surface area contributed by atoms with Gasteiger partial charge in [0.1, 0.15) is 11.5 Å². The van der Waals surface area contributed by atoms with Gasteiger partial charge < -0.3 is 14.9 Å². The second kappa shape index (κ2) is 9.25. The van der Waals surface area contributed by atoms with Crippen LogP contribution in [0.5, 0.6) is 11.5 Å². The Morgan fingerprint density at radius 2 is 2.08 bits per heavy atom. The van der Waals surface area contributed by atoms with Gasteiger partial charge in [0.25, 0.3) is 0 Å². The monoisotopic (exact) mass is 336 g/mol. The Kier molecular flexibility index (Phi) is 7.34. The van der Waals surface area contributed by atoms with Crippen molar-refractivity contribution < 1.29 is 14.9 Å². The minimum Gasteiger partial charge on any atom is -0.508 e. The van der Waals surface area contributed by atoms with Crippen LogP contribution in [0.1, 0.15) is 32.3 Å². The van der Waals surface area contributed by atoms with Crippen LogP contribution in [-0.4, -0.2) is 66.0 Å². The number of phenolic OH excluding ortho intramolecular Hbond substituents is 1. The summed E-state index contributed by atoms with van der Waals surface area (Å²) in [6.07, 6.45) is 2.02. The number of aliphatic hydroxyl groups excluding tert-OH is 1. The van der Waals surface area contributed by atoms with Crippen LogP contribution in [-0.2, 0) is 6.54 Å². The molecule has 136 valence electrons. The molecular weight excluding hydrogens is 304 g/mol. The number of hydrogen-bond donors (Lipinski definition) is 2. The van der Waals surface area contributed by atoms with E-state index in [4.69, 9.17) is 4.74 Å². The normalized spacial score (nSPS) is 19.8. The molecule has 0 saturated carbocycles. The minimum atomic E-state index is 0.229. The lowest BCUT2D eigenvalue weighted by Gasteiger charge is -2.42. The molecule has 1 fully saturated rings. The topological polar surface area (TPSA) is 56.2 Å². The van der Waals surface area contributed by atoms with Gasteiger partial charge in [0.15, 0.2) is 0 Å². The van der Waals surface area contributed by atoms with Gasteiger partial charge in [-0.15, -0.1) is 0 Å². The Balaban J connectivity index is 1.98. The molecule has 1 aliphatic heterocycles. The first kappa shape index (κ1) is 19.0. The van der Waals surface area contributed by atoms with E-state index in [0.717, 1.165) is 50.5 Å². The summed E-state index contributed by atoms with van der Waals surface area (Å²) in [6, 6.07) is 5.72. The first-order valence-electron chi connectivity index (χ1n) is 8.96. The van der Waals surface area contributed by atoms with Crippen LogP contribution < -0.4 is 4.74 Å². The molecule has 0 amide bonds. The van der Waals surface area contributed by atoms with Crippen molar-refractivity contribution >= 4 is 0 Å². The van der Waals surface area contributed by atoms with Crippen molar-refractivity contribution in [2.24, 2.45) is 5.92 Å². The molecule has 1 aromatic rings. The van der Waals surface area contributed by atoms with E-state index < -0.39 is 0 Å². The number of aliphatic hydroxyl groups is 1. The van der Waals surface area contributed by atoms with Crippen molar-refractivity contribution in [2.75, 3.05) is 39.9 Å². The van der Waals surface area contributed by atoms with Gasteiger partial charge in [0.05, 0.1) is 7.11 Å².